The lowest BCUT2D eigenvalue weighted by atomic mass is 9.87. The molecule has 13 heavy (non-hydrogen) atoms. The molecule has 1 saturated heterocycles. The summed E-state index contributed by atoms with van der Waals surface area (Å²) in [7, 11) is 0. The van der Waals surface area contributed by atoms with Crippen molar-refractivity contribution >= 4 is 11.9 Å². The van der Waals surface area contributed by atoms with Gasteiger partial charge >= 0.3 is 11.9 Å². The van der Waals surface area contributed by atoms with Gasteiger partial charge in [0, 0.05) is 11.5 Å². The van der Waals surface area contributed by atoms with E-state index in [1.165, 1.54) is 0 Å². The van der Waals surface area contributed by atoms with Crippen LogP contribution in [-0.2, 0) is 14.3 Å². The molecule has 1 N–H and O–H groups in total. The van der Waals surface area contributed by atoms with E-state index in [1.54, 1.807) is 6.08 Å². The molecule has 0 radical (unpaired) electrons. The van der Waals surface area contributed by atoms with Crippen LogP contribution in [0.25, 0.3) is 0 Å². The fraction of sp³-hybridized carbons (Fsp3) is 0.556. The van der Waals surface area contributed by atoms with Gasteiger partial charge in [-0.1, -0.05) is 6.08 Å². The molecular weight excluding hydrogens is 172 g/mol. The molecule has 0 aromatic carbocycles. The average Bonchev–Trinajstić information content (AvgIpc) is 2.48. The van der Waals surface area contributed by atoms with Crippen molar-refractivity contribution in [1.82, 2.24) is 0 Å². The maximum atomic E-state index is 11.2. The number of carboxylic acids is 1. The first-order valence-corrected chi connectivity index (χ1v) is 4.30. The second kappa shape index (κ2) is 2.87. The number of carbonyl (C=O) groups excluding carboxylic acids is 1. The van der Waals surface area contributed by atoms with Crippen LogP contribution in [-0.4, -0.2) is 23.7 Å². The number of aliphatic carboxylic acids is 1. The topological polar surface area (TPSA) is 63.6 Å². The minimum Gasteiger partial charge on any atom is -0.481 e. The van der Waals surface area contributed by atoms with Crippen LogP contribution in [0.5, 0.6) is 0 Å². The van der Waals surface area contributed by atoms with Crippen molar-refractivity contribution in [1.29, 1.82) is 0 Å². The van der Waals surface area contributed by atoms with E-state index < -0.39 is 11.9 Å². The summed E-state index contributed by atoms with van der Waals surface area (Å²) >= 11 is 0. The van der Waals surface area contributed by atoms with Crippen molar-refractivity contribution in [2.24, 2.45) is 11.8 Å². The molecule has 2 aliphatic rings. The van der Waals surface area contributed by atoms with Gasteiger partial charge in [-0.3, -0.25) is 4.79 Å². The summed E-state index contributed by atoms with van der Waals surface area (Å²) in [6.45, 7) is 0.352. The molecule has 0 saturated carbocycles. The van der Waals surface area contributed by atoms with E-state index >= 15 is 0 Å². The van der Waals surface area contributed by atoms with Gasteiger partial charge in [-0.05, 0) is 12.8 Å². The Balaban J connectivity index is 2.21. The Hall–Kier alpha value is -1.32. The molecule has 2 atom stereocenters. The summed E-state index contributed by atoms with van der Waals surface area (Å²) in [5, 5.41) is 8.85. The summed E-state index contributed by atoms with van der Waals surface area (Å²) in [6, 6.07) is 0. The fourth-order valence-corrected chi connectivity index (χ4v) is 2.01. The first kappa shape index (κ1) is 8.29. The zero-order chi connectivity index (χ0) is 9.42. The van der Waals surface area contributed by atoms with Crippen LogP contribution in [0.15, 0.2) is 11.6 Å². The smallest absolute Gasteiger partial charge is 0.333 e. The van der Waals surface area contributed by atoms with E-state index in [4.69, 9.17) is 9.84 Å². The molecular formula is C9H10O4. The molecule has 1 heterocycles. The van der Waals surface area contributed by atoms with Crippen molar-refractivity contribution < 1.29 is 19.4 Å². The molecule has 1 aliphatic carbocycles. The normalized spacial score (nSPS) is 32.0. The van der Waals surface area contributed by atoms with E-state index in [9.17, 15) is 9.59 Å². The third-order valence-electron chi connectivity index (χ3n) is 2.69. The summed E-state index contributed by atoms with van der Waals surface area (Å²) in [6.07, 6.45) is 2.81. The number of hydrogen-bond donors (Lipinski definition) is 1. The summed E-state index contributed by atoms with van der Waals surface area (Å²) < 4.78 is 4.82. The lowest BCUT2D eigenvalue weighted by molar-refractivity contribution is -0.146. The fourth-order valence-electron chi connectivity index (χ4n) is 2.01. The van der Waals surface area contributed by atoms with Crippen LogP contribution in [0, 0.1) is 11.8 Å². The van der Waals surface area contributed by atoms with Gasteiger partial charge in [-0.25, -0.2) is 4.79 Å². The molecule has 2 unspecified atom stereocenters. The largest absolute Gasteiger partial charge is 0.481 e. The standard InChI is InChI=1S/C9H10O4/c10-8(11)6-1-2-7-5(6)3-4-13-9(7)12/h2,5-6H,1,3-4H2,(H,10,11). The molecule has 70 valence electrons. The van der Waals surface area contributed by atoms with Crippen LogP contribution < -0.4 is 0 Å². The predicted molar refractivity (Wildman–Crippen MR) is 42.9 cm³/mol. The zero-order valence-electron chi connectivity index (χ0n) is 7.03. The number of cyclic esters (lactones) is 1. The third-order valence-corrected chi connectivity index (χ3v) is 2.69. The highest BCUT2D eigenvalue weighted by Gasteiger charge is 2.40. The molecule has 1 aliphatic heterocycles. The number of carboxylic acid groups (broad SMARTS) is 1. The van der Waals surface area contributed by atoms with Crippen LogP contribution in [0.1, 0.15) is 12.8 Å². The van der Waals surface area contributed by atoms with Gasteiger partial charge in [0.25, 0.3) is 0 Å². The number of esters is 1. The van der Waals surface area contributed by atoms with Crippen molar-refractivity contribution in [2.75, 3.05) is 6.61 Å². The van der Waals surface area contributed by atoms with Crippen molar-refractivity contribution in [3.8, 4) is 0 Å². The summed E-state index contributed by atoms with van der Waals surface area (Å²) in [4.78, 5) is 21.9. The molecule has 2 rings (SSSR count). The maximum absolute atomic E-state index is 11.2. The van der Waals surface area contributed by atoms with Crippen molar-refractivity contribution in [3.05, 3.63) is 11.6 Å². The Labute approximate surface area is 75.2 Å². The Bertz CT molecular complexity index is 292. The van der Waals surface area contributed by atoms with E-state index in [1.807, 2.05) is 0 Å². The predicted octanol–water partition coefficient (Wildman–Crippen LogP) is 0.580. The Morgan fingerprint density at radius 3 is 3.08 bits per heavy atom. The minimum absolute atomic E-state index is 0.112. The van der Waals surface area contributed by atoms with Gasteiger partial charge in [0.15, 0.2) is 0 Å². The van der Waals surface area contributed by atoms with E-state index in [2.05, 4.69) is 0 Å². The van der Waals surface area contributed by atoms with Crippen LogP contribution in [0.3, 0.4) is 0 Å². The van der Waals surface area contributed by atoms with Gasteiger partial charge in [-0.15, -0.1) is 0 Å². The highest BCUT2D eigenvalue weighted by molar-refractivity contribution is 5.92. The molecule has 0 spiro atoms. The van der Waals surface area contributed by atoms with E-state index in [0.717, 1.165) is 0 Å². The summed E-state index contributed by atoms with van der Waals surface area (Å²) in [5.74, 6) is -1.67. The highest BCUT2D eigenvalue weighted by atomic mass is 16.5. The number of fused-ring (bicyclic) bond motifs is 1. The second-order valence-electron chi connectivity index (χ2n) is 3.37. The number of allylic oxidation sites excluding steroid dienone is 1. The highest BCUT2D eigenvalue weighted by Crippen LogP contribution is 2.37. The number of hydrogen-bond acceptors (Lipinski definition) is 3. The molecule has 1 fully saturated rings. The Kier molecular flexibility index (Phi) is 1.83. The van der Waals surface area contributed by atoms with Crippen LogP contribution >= 0.6 is 0 Å². The van der Waals surface area contributed by atoms with Crippen LogP contribution in [0.4, 0.5) is 0 Å². The quantitative estimate of drug-likeness (QED) is 0.602. The van der Waals surface area contributed by atoms with Gasteiger partial charge in [-0.2, -0.15) is 0 Å². The molecule has 0 amide bonds. The monoisotopic (exact) mass is 182 g/mol. The van der Waals surface area contributed by atoms with Crippen molar-refractivity contribution in [2.45, 2.75) is 12.8 Å². The second-order valence-corrected chi connectivity index (χ2v) is 3.37. The van der Waals surface area contributed by atoms with Crippen LogP contribution in [0.2, 0.25) is 0 Å². The first-order valence-electron chi connectivity index (χ1n) is 4.30. The number of carbonyl (C=O) groups is 2. The number of rotatable bonds is 1. The number of ether oxygens (including phenoxy) is 1. The molecule has 0 aromatic rings. The zero-order valence-corrected chi connectivity index (χ0v) is 7.03. The average molecular weight is 182 g/mol. The minimum atomic E-state index is -0.814. The van der Waals surface area contributed by atoms with Gasteiger partial charge in [0.05, 0.1) is 12.5 Å². The maximum Gasteiger partial charge on any atom is 0.333 e. The van der Waals surface area contributed by atoms with Gasteiger partial charge < -0.3 is 9.84 Å². The lowest BCUT2D eigenvalue weighted by Gasteiger charge is -2.23. The Morgan fingerprint density at radius 1 is 1.62 bits per heavy atom. The van der Waals surface area contributed by atoms with Gasteiger partial charge in [0.1, 0.15) is 0 Å². The third kappa shape index (κ3) is 1.22. The molecule has 0 aromatic heterocycles. The molecule has 0 bridgehead atoms. The van der Waals surface area contributed by atoms with Crippen molar-refractivity contribution in [3.63, 3.8) is 0 Å². The molecule has 4 nitrogen and oxygen atoms in total. The van der Waals surface area contributed by atoms with E-state index in [-0.39, 0.29) is 11.9 Å². The molecule has 4 heteroatoms. The summed E-state index contributed by atoms with van der Waals surface area (Å²) in [5.41, 5.74) is 0.568. The SMILES string of the molecule is O=C1OCCC2C1=CCC2C(=O)O. The van der Waals surface area contributed by atoms with E-state index in [0.29, 0.717) is 25.0 Å². The van der Waals surface area contributed by atoms with Gasteiger partial charge in [0.2, 0.25) is 0 Å². The first-order chi connectivity index (χ1) is 6.20. The Morgan fingerprint density at radius 2 is 2.38 bits per heavy atom. The lowest BCUT2D eigenvalue weighted by Crippen LogP contribution is -2.29.